The molecule has 0 aromatic heterocycles. The third kappa shape index (κ3) is 3.11. The number of rotatable bonds is 4. The van der Waals surface area contributed by atoms with Crippen molar-refractivity contribution in [3.8, 4) is 11.5 Å². The van der Waals surface area contributed by atoms with Crippen molar-refractivity contribution in [3.05, 3.63) is 18.2 Å². The van der Waals surface area contributed by atoms with E-state index in [9.17, 15) is 13.6 Å². The third-order valence-corrected chi connectivity index (χ3v) is 2.61. The number of halogens is 2. The molecule has 1 amide bonds. The van der Waals surface area contributed by atoms with Gasteiger partial charge in [-0.2, -0.15) is 0 Å². The molecule has 0 unspecified atom stereocenters. The second-order valence-corrected chi connectivity index (χ2v) is 4.21. The Morgan fingerprint density at radius 2 is 2.11 bits per heavy atom. The lowest BCUT2D eigenvalue weighted by atomic mass is 10.1. The summed E-state index contributed by atoms with van der Waals surface area (Å²) in [7, 11) is 0. The van der Waals surface area contributed by atoms with Crippen LogP contribution in [0.5, 0.6) is 11.5 Å². The Morgan fingerprint density at radius 3 is 2.79 bits per heavy atom. The molecule has 0 aliphatic carbocycles. The Hall–Kier alpha value is -1.89. The Kier molecular flexibility index (Phi) is 3.57. The van der Waals surface area contributed by atoms with Gasteiger partial charge >= 0.3 is 6.29 Å². The van der Waals surface area contributed by atoms with E-state index >= 15 is 0 Å². The van der Waals surface area contributed by atoms with Crippen molar-refractivity contribution in [1.82, 2.24) is 0 Å². The highest BCUT2D eigenvalue weighted by Crippen LogP contribution is 2.42. The van der Waals surface area contributed by atoms with Gasteiger partial charge in [-0.3, -0.25) is 4.79 Å². The maximum absolute atomic E-state index is 12.8. The lowest BCUT2D eigenvalue weighted by molar-refractivity contribution is -0.286. The topological polar surface area (TPSA) is 73.6 Å². The van der Waals surface area contributed by atoms with Gasteiger partial charge in [0.2, 0.25) is 5.91 Å². The lowest BCUT2D eigenvalue weighted by Crippen LogP contribution is -2.35. The molecule has 0 bridgehead atoms. The monoisotopic (exact) mass is 272 g/mol. The number of hydrogen-bond donors (Lipinski definition) is 2. The van der Waals surface area contributed by atoms with Gasteiger partial charge in [-0.15, -0.1) is 8.78 Å². The van der Waals surface area contributed by atoms with E-state index in [1.165, 1.54) is 18.2 Å². The highest BCUT2D eigenvalue weighted by Gasteiger charge is 2.43. The standard InChI is InChI=1S/C12H14F2N2O3/c1-2-3-8(15)11(17)16-7-4-5-9-10(6-7)19-12(13,14)18-9/h4-6,8H,2-3,15H2,1H3,(H,16,17)/t8-/m0/s1. The van der Waals surface area contributed by atoms with Gasteiger partial charge in [-0.25, -0.2) is 0 Å². The molecular weight excluding hydrogens is 258 g/mol. The van der Waals surface area contributed by atoms with Gasteiger partial charge in [0.15, 0.2) is 11.5 Å². The molecule has 1 aromatic carbocycles. The van der Waals surface area contributed by atoms with Crippen LogP contribution < -0.4 is 20.5 Å². The summed E-state index contributed by atoms with van der Waals surface area (Å²) in [6.45, 7) is 1.91. The Labute approximate surface area is 108 Å². The number of amides is 1. The third-order valence-electron chi connectivity index (χ3n) is 2.61. The molecule has 0 fully saturated rings. The van der Waals surface area contributed by atoms with Crippen molar-refractivity contribution in [2.75, 3.05) is 5.32 Å². The second-order valence-electron chi connectivity index (χ2n) is 4.21. The normalized spacial score (nSPS) is 17.1. The van der Waals surface area contributed by atoms with E-state index in [2.05, 4.69) is 14.8 Å². The average Bonchev–Trinajstić information content (AvgIpc) is 2.62. The number of hydrogen-bond acceptors (Lipinski definition) is 4. The van der Waals surface area contributed by atoms with Crippen molar-refractivity contribution < 1.29 is 23.0 Å². The molecule has 7 heteroatoms. The van der Waals surface area contributed by atoms with Gasteiger partial charge in [0.25, 0.3) is 0 Å². The van der Waals surface area contributed by atoms with Gasteiger partial charge in [0.1, 0.15) is 0 Å². The highest BCUT2D eigenvalue weighted by atomic mass is 19.3. The number of anilines is 1. The van der Waals surface area contributed by atoms with Gasteiger partial charge in [-0.05, 0) is 18.6 Å². The number of fused-ring (bicyclic) bond motifs is 1. The number of nitrogens with one attached hydrogen (secondary N) is 1. The van der Waals surface area contributed by atoms with Gasteiger partial charge in [-0.1, -0.05) is 13.3 Å². The molecule has 3 N–H and O–H groups in total. The molecule has 5 nitrogen and oxygen atoms in total. The zero-order valence-electron chi connectivity index (χ0n) is 10.3. The van der Waals surface area contributed by atoms with Crippen LogP contribution >= 0.6 is 0 Å². The maximum atomic E-state index is 12.8. The van der Waals surface area contributed by atoms with Gasteiger partial charge < -0.3 is 20.5 Å². The number of benzene rings is 1. The molecule has 0 saturated carbocycles. The second kappa shape index (κ2) is 5.00. The molecule has 0 radical (unpaired) electrons. The molecule has 1 aromatic rings. The first-order chi connectivity index (χ1) is 8.91. The van der Waals surface area contributed by atoms with Crippen LogP contribution in [0.1, 0.15) is 19.8 Å². The summed E-state index contributed by atoms with van der Waals surface area (Å²) in [5, 5.41) is 2.54. The number of carbonyl (C=O) groups is 1. The van der Waals surface area contributed by atoms with Crippen LogP contribution in [0.4, 0.5) is 14.5 Å². The molecule has 0 saturated heterocycles. The largest absolute Gasteiger partial charge is 0.586 e. The molecule has 2 rings (SSSR count). The Balaban J connectivity index is 2.06. The smallest absolute Gasteiger partial charge is 0.395 e. The lowest BCUT2D eigenvalue weighted by Gasteiger charge is -2.11. The number of alkyl halides is 2. The quantitative estimate of drug-likeness (QED) is 0.880. The predicted molar refractivity (Wildman–Crippen MR) is 64.2 cm³/mol. The Morgan fingerprint density at radius 1 is 1.42 bits per heavy atom. The minimum absolute atomic E-state index is 0.0687. The molecule has 1 heterocycles. The fourth-order valence-corrected chi connectivity index (χ4v) is 1.70. The van der Waals surface area contributed by atoms with E-state index in [1.807, 2.05) is 6.92 Å². The van der Waals surface area contributed by atoms with Gasteiger partial charge in [0.05, 0.1) is 6.04 Å². The van der Waals surface area contributed by atoms with Crippen LogP contribution in [0.25, 0.3) is 0 Å². The zero-order chi connectivity index (χ0) is 14.0. The summed E-state index contributed by atoms with van der Waals surface area (Å²) in [4.78, 5) is 11.7. The fraction of sp³-hybridized carbons (Fsp3) is 0.417. The van der Waals surface area contributed by atoms with Crippen molar-refractivity contribution in [2.45, 2.75) is 32.1 Å². The molecule has 104 valence electrons. The minimum Gasteiger partial charge on any atom is -0.395 e. The summed E-state index contributed by atoms with van der Waals surface area (Å²) in [6, 6.07) is 3.39. The molecule has 1 atom stereocenters. The first-order valence-electron chi connectivity index (χ1n) is 5.87. The van der Waals surface area contributed by atoms with Crippen LogP contribution in [0.15, 0.2) is 18.2 Å². The predicted octanol–water partition coefficient (Wildman–Crippen LogP) is 2.07. The fourth-order valence-electron chi connectivity index (χ4n) is 1.70. The molecule has 1 aliphatic rings. The first kappa shape index (κ1) is 13.5. The molecular formula is C12H14F2N2O3. The van der Waals surface area contributed by atoms with E-state index < -0.39 is 12.3 Å². The highest BCUT2D eigenvalue weighted by molar-refractivity contribution is 5.94. The number of nitrogens with two attached hydrogens (primary N) is 1. The van der Waals surface area contributed by atoms with Crippen LogP contribution in [-0.4, -0.2) is 18.2 Å². The van der Waals surface area contributed by atoms with Crippen molar-refractivity contribution >= 4 is 11.6 Å². The SMILES string of the molecule is CCC[C@H](N)C(=O)Nc1ccc2c(c1)OC(F)(F)O2. The van der Waals surface area contributed by atoms with Crippen molar-refractivity contribution in [1.29, 1.82) is 0 Å². The molecule has 19 heavy (non-hydrogen) atoms. The number of carbonyl (C=O) groups excluding carboxylic acids is 1. The maximum Gasteiger partial charge on any atom is 0.586 e. The van der Waals surface area contributed by atoms with E-state index in [0.29, 0.717) is 12.1 Å². The van der Waals surface area contributed by atoms with Crippen LogP contribution in [0.2, 0.25) is 0 Å². The summed E-state index contributed by atoms with van der Waals surface area (Å²) < 4.78 is 34.1. The minimum atomic E-state index is -3.66. The van der Waals surface area contributed by atoms with Crippen molar-refractivity contribution in [2.24, 2.45) is 5.73 Å². The van der Waals surface area contributed by atoms with E-state index in [0.717, 1.165) is 6.42 Å². The Bertz CT molecular complexity index is 494. The average molecular weight is 272 g/mol. The summed E-state index contributed by atoms with van der Waals surface area (Å²) in [6.07, 6.45) is -2.33. The van der Waals surface area contributed by atoms with E-state index in [1.54, 1.807) is 0 Å². The van der Waals surface area contributed by atoms with Crippen molar-refractivity contribution in [3.63, 3.8) is 0 Å². The van der Waals surface area contributed by atoms with E-state index in [-0.39, 0.29) is 17.4 Å². The zero-order valence-corrected chi connectivity index (χ0v) is 10.3. The summed E-state index contributed by atoms with van der Waals surface area (Å²) in [5.74, 6) is -0.555. The molecule has 1 aliphatic heterocycles. The van der Waals surface area contributed by atoms with Crippen LogP contribution in [0, 0.1) is 0 Å². The summed E-state index contributed by atoms with van der Waals surface area (Å²) in [5.41, 5.74) is 5.97. The molecule has 0 spiro atoms. The number of ether oxygens (including phenoxy) is 2. The van der Waals surface area contributed by atoms with E-state index in [4.69, 9.17) is 5.73 Å². The first-order valence-corrected chi connectivity index (χ1v) is 5.87. The van der Waals surface area contributed by atoms with Gasteiger partial charge in [0, 0.05) is 11.8 Å². The van der Waals surface area contributed by atoms with Crippen LogP contribution in [0.3, 0.4) is 0 Å². The summed E-state index contributed by atoms with van der Waals surface area (Å²) >= 11 is 0. The van der Waals surface area contributed by atoms with Crippen LogP contribution in [-0.2, 0) is 4.79 Å².